The molecule has 3 nitrogen and oxygen atoms in total. The zero-order valence-electron chi connectivity index (χ0n) is 15.5. The van der Waals surface area contributed by atoms with Crippen LogP contribution in [0.15, 0.2) is 22.8 Å². The van der Waals surface area contributed by atoms with Crippen LogP contribution < -0.4 is 0 Å². The molecule has 4 rings (SSSR count). The maximum Gasteiger partial charge on any atom is 0.171 e. The topological polar surface area (TPSA) is 35.5 Å². The zero-order chi connectivity index (χ0) is 17.1. The molecular weight excluding hydrogens is 300 g/mol. The van der Waals surface area contributed by atoms with Gasteiger partial charge < -0.3 is 9.47 Å². The van der Waals surface area contributed by atoms with Crippen LogP contribution in [-0.4, -0.2) is 25.8 Å². The number of Topliss-reactive ketones (excluding diaryl/α,β-unsaturated/α-hetero) is 1. The average Bonchev–Trinajstić information content (AvgIpc) is 2.90. The second-order valence-electron chi connectivity index (χ2n) is 8.59. The number of rotatable bonds is 2. The average molecular weight is 330 g/mol. The highest BCUT2D eigenvalue weighted by Crippen LogP contribution is 2.59. The van der Waals surface area contributed by atoms with Gasteiger partial charge in [-0.2, -0.15) is 0 Å². The number of ether oxygens (including phenoxy) is 2. The van der Waals surface area contributed by atoms with Gasteiger partial charge in [0.2, 0.25) is 0 Å². The molecule has 24 heavy (non-hydrogen) atoms. The van der Waals surface area contributed by atoms with Crippen molar-refractivity contribution in [2.45, 2.75) is 64.6 Å². The molecule has 4 aliphatic carbocycles. The van der Waals surface area contributed by atoms with Crippen molar-refractivity contribution in [1.29, 1.82) is 0 Å². The summed E-state index contributed by atoms with van der Waals surface area (Å²) in [7, 11) is 3.53. The lowest BCUT2D eigenvalue weighted by Gasteiger charge is -2.49. The molecule has 0 aromatic carbocycles. The lowest BCUT2D eigenvalue weighted by molar-refractivity contribution is -0.213. The largest absolute Gasteiger partial charge is 0.353 e. The van der Waals surface area contributed by atoms with Crippen LogP contribution in [0, 0.1) is 23.2 Å². The van der Waals surface area contributed by atoms with Gasteiger partial charge in [0.05, 0.1) is 0 Å². The fourth-order valence-corrected chi connectivity index (χ4v) is 6.05. The van der Waals surface area contributed by atoms with Crippen LogP contribution in [0.2, 0.25) is 0 Å². The summed E-state index contributed by atoms with van der Waals surface area (Å²) in [6, 6.07) is 0. The Bertz CT molecular complexity index is 625. The van der Waals surface area contributed by atoms with Crippen molar-refractivity contribution in [3.8, 4) is 0 Å². The van der Waals surface area contributed by atoms with E-state index in [4.69, 9.17) is 9.47 Å². The summed E-state index contributed by atoms with van der Waals surface area (Å²) in [6.07, 6.45) is 9.27. The van der Waals surface area contributed by atoms with Crippen molar-refractivity contribution < 1.29 is 14.3 Å². The van der Waals surface area contributed by atoms with Gasteiger partial charge in [0.15, 0.2) is 5.79 Å². The third-order valence-corrected chi connectivity index (χ3v) is 7.67. The number of fused-ring (bicyclic) bond motifs is 4. The molecule has 0 radical (unpaired) electrons. The minimum atomic E-state index is -0.438. The van der Waals surface area contributed by atoms with Gasteiger partial charge in [0, 0.05) is 38.9 Å². The highest BCUT2D eigenvalue weighted by Gasteiger charge is 2.54. The second-order valence-corrected chi connectivity index (χ2v) is 8.59. The van der Waals surface area contributed by atoms with Crippen LogP contribution in [0.25, 0.3) is 0 Å². The molecule has 0 heterocycles. The molecule has 3 heteroatoms. The highest BCUT2D eigenvalue weighted by atomic mass is 16.7. The molecule has 0 saturated heterocycles. The lowest BCUT2D eigenvalue weighted by atomic mass is 9.57. The molecule has 0 amide bonds. The summed E-state index contributed by atoms with van der Waals surface area (Å²) in [5.74, 6) is 1.76. The molecule has 0 spiro atoms. The van der Waals surface area contributed by atoms with Crippen LogP contribution in [0.3, 0.4) is 0 Å². The van der Waals surface area contributed by atoms with Gasteiger partial charge >= 0.3 is 0 Å². The zero-order valence-corrected chi connectivity index (χ0v) is 15.5. The van der Waals surface area contributed by atoms with Gasteiger partial charge in [-0.25, -0.2) is 0 Å². The number of hydrogen-bond acceptors (Lipinski definition) is 3. The summed E-state index contributed by atoms with van der Waals surface area (Å²) in [4.78, 5) is 12.5. The van der Waals surface area contributed by atoms with Gasteiger partial charge in [0.25, 0.3) is 0 Å². The standard InChI is InChI=1S/C21H30O3/c1-13-11-16-14(7-9-20(2)18(16)5-6-19(20)22)15-8-10-21(23-3,24-4)12-17(13)15/h7,13,16,18H,5-6,8-12H2,1-4H3/t13-,16-,18+,20+/m1/s1. The minimum Gasteiger partial charge on any atom is -0.353 e. The maximum absolute atomic E-state index is 12.5. The fourth-order valence-electron chi connectivity index (χ4n) is 6.05. The van der Waals surface area contributed by atoms with E-state index >= 15 is 0 Å². The molecule has 0 unspecified atom stereocenters. The second kappa shape index (κ2) is 5.54. The van der Waals surface area contributed by atoms with Crippen LogP contribution >= 0.6 is 0 Å². The Morgan fingerprint density at radius 1 is 1.21 bits per heavy atom. The lowest BCUT2D eigenvalue weighted by Crippen LogP contribution is -2.43. The Hall–Kier alpha value is -0.930. The third-order valence-electron chi connectivity index (χ3n) is 7.67. The van der Waals surface area contributed by atoms with Gasteiger partial charge in [0.1, 0.15) is 5.78 Å². The molecular formula is C21H30O3. The van der Waals surface area contributed by atoms with E-state index in [0.29, 0.717) is 23.5 Å². The van der Waals surface area contributed by atoms with Gasteiger partial charge in [-0.15, -0.1) is 0 Å². The first-order valence-corrected chi connectivity index (χ1v) is 9.50. The number of allylic oxidation sites excluding steroid dienone is 3. The summed E-state index contributed by atoms with van der Waals surface area (Å²) < 4.78 is 11.5. The Morgan fingerprint density at radius 3 is 2.67 bits per heavy atom. The minimum absolute atomic E-state index is 0.0938. The van der Waals surface area contributed by atoms with E-state index in [1.807, 2.05) is 0 Å². The molecule has 132 valence electrons. The van der Waals surface area contributed by atoms with Crippen molar-refractivity contribution in [3.05, 3.63) is 22.8 Å². The van der Waals surface area contributed by atoms with E-state index in [1.54, 1.807) is 30.9 Å². The first-order chi connectivity index (χ1) is 11.4. The SMILES string of the molecule is COC1(OC)CCC2=C(C1)[C@H](C)C[C@@H]1C2=CC[C@]2(C)C(=O)CC[C@@H]12. The summed E-state index contributed by atoms with van der Waals surface area (Å²) in [6.45, 7) is 4.58. The number of carbonyl (C=O) groups excluding carboxylic acids is 1. The first kappa shape index (κ1) is 16.5. The normalized spacial score (nSPS) is 40.8. The molecule has 0 bridgehead atoms. The third kappa shape index (κ3) is 2.13. The van der Waals surface area contributed by atoms with E-state index in [0.717, 1.165) is 38.5 Å². The van der Waals surface area contributed by atoms with Gasteiger partial charge in [-0.3, -0.25) is 4.79 Å². The molecule has 1 saturated carbocycles. The van der Waals surface area contributed by atoms with Crippen molar-refractivity contribution in [3.63, 3.8) is 0 Å². The highest BCUT2D eigenvalue weighted by molar-refractivity contribution is 5.87. The van der Waals surface area contributed by atoms with E-state index in [9.17, 15) is 4.79 Å². The van der Waals surface area contributed by atoms with Crippen molar-refractivity contribution in [2.75, 3.05) is 14.2 Å². The number of methoxy groups -OCH3 is 2. The molecule has 0 N–H and O–H groups in total. The molecule has 0 aromatic rings. The van der Waals surface area contributed by atoms with Crippen molar-refractivity contribution in [1.82, 2.24) is 0 Å². The van der Waals surface area contributed by atoms with E-state index < -0.39 is 5.79 Å². The summed E-state index contributed by atoms with van der Waals surface area (Å²) >= 11 is 0. The maximum atomic E-state index is 12.5. The summed E-state index contributed by atoms with van der Waals surface area (Å²) in [5.41, 5.74) is 4.59. The number of ketones is 1. The monoisotopic (exact) mass is 330 g/mol. The molecule has 0 aromatic heterocycles. The Morgan fingerprint density at radius 2 is 1.96 bits per heavy atom. The van der Waals surface area contributed by atoms with Crippen LogP contribution in [0.1, 0.15) is 58.8 Å². The Labute approximate surface area is 145 Å². The van der Waals surface area contributed by atoms with E-state index in [2.05, 4.69) is 19.9 Å². The smallest absolute Gasteiger partial charge is 0.171 e. The van der Waals surface area contributed by atoms with Crippen molar-refractivity contribution >= 4 is 5.78 Å². The molecule has 1 fully saturated rings. The predicted octanol–water partition coefficient (Wildman–Crippen LogP) is 4.43. The Kier molecular flexibility index (Phi) is 3.81. The predicted molar refractivity (Wildman–Crippen MR) is 93.4 cm³/mol. The Balaban J connectivity index is 1.73. The van der Waals surface area contributed by atoms with Gasteiger partial charge in [-0.1, -0.05) is 25.5 Å². The van der Waals surface area contributed by atoms with Crippen LogP contribution in [0.5, 0.6) is 0 Å². The van der Waals surface area contributed by atoms with E-state index in [-0.39, 0.29) is 5.41 Å². The first-order valence-electron chi connectivity index (χ1n) is 9.50. The van der Waals surface area contributed by atoms with Gasteiger partial charge in [-0.05, 0) is 54.6 Å². The molecule has 0 aliphatic heterocycles. The number of hydrogen-bond donors (Lipinski definition) is 0. The molecule has 4 aliphatic rings. The van der Waals surface area contributed by atoms with Crippen LogP contribution in [0.4, 0.5) is 0 Å². The summed E-state index contributed by atoms with van der Waals surface area (Å²) in [5, 5.41) is 0. The number of carbonyl (C=O) groups is 1. The quantitative estimate of drug-likeness (QED) is 0.703. The molecule has 4 atom stereocenters. The fraction of sp³-hybridized carbons (Fsp3) is 0.762. The van der Waals surface area contributed by atoms with E-state index in [1.165, 1.54) is 6.42 Å². The van der Waals surface area contributed by atoms with Crippen LogP contribution in [-0.2, 0) is 14.3 Å². The van der Waals surface area contributed by atoms with Crippen molar-refractivity contribution in [2.24, 2.45) is 23.2 Å².